The first kappa shape index (κ1) is 9.45. The van der Waals surface area contributed by atoms with Crippen LogP contribution < -0.4 is 0 Å². The largest absolute Gasteiger partial charge is 0.146 e. The molecule has 1 aliphatic heterocycles. The molecule has 1 aliphatic carbocycles. The fourth-order valence-electron chi connectivity index (χ4n) is 2.94. The molecule has 0 bridgehead atoms. The van der Waals surface area contributed by atoms with Crippen LogP contribution in [0.4, 0.5) is 4.48 Å². The van der Waals surface area contributed by atoms with E-state index in [9.17, 15) is 4.48 Å². The Hall–Kier alpha value is -0.110. The third-order valence-electron chi connectivity index (χ3n) is 3.80. The summed E-state index contributed by atoms with van der Waals surface area (Å²) in [6.07, 6.45) is 9.29. The first-order valence-corrected chi connectivity index (χ1v) is 5.77. The summed E-state index contributed by atoms with van der Waals surface area (Å²) in [5.41, 5.74) is 0. The van der Waals surface area contributed by atoms with Gasteiger partial charge in [-0.05, 0) is 24.7 Å². The van der Waals surface area contributed by atoms with Gasteiger partial charge in [-0.1, -0.05) is 32.1 Å². The molecule has 0 amide bonds. The second kappa shape index (κ2) is 4.41. The fraction of sp³-hybridized carbons (Fsp3) is 1.00. The lowest BCUT2D eigenvalue weighted by molar-refractivity contribution is -0.0203. The first-order valence-electron chi connectivity index (χ1n) is 5.77. The average Bonchev–Trinajstić information content (AvgIpc) is 2.20. The van der Waals surface area contributed by atoms with Gasteiger partial charge in [-0.2, -0.15) is 0 Å². The molecule has 1 nitrogen and oxygen atoms in total. The number of rotatable bonds is 1. The average molecular weight is 185 g/mol. The minimum absolute atomic E-state index is 0.682. The molecule has 0 aromatic heterocycles. The molecule has 76 valence electrons. The van der Waals surface area contributed by atoms with E-state index >= 15 is 0 Å². The lowest BCUT2D eigenvalue weighted by Crippen LogP contribution is -2.31. The van der Waals surface area contributed by atoms with Crippen molar-refractivity contribution in [1.82, 2.24) is 5.12 Å². The van der Waals surface area contributed by atoms with Gasteiger partial charge in [0.05, 0.1) is 0 Å². The highest BCUT2D eigenvalue weighted by atomic mass is 19.2. The van der Waals surface area contributed by atoms with Gasteiger partial charge in [0.15, 0.2) is 0 Å². The Morgan fingerprint density at radius 3 is 1.92 bits per heavy atom. The Morgan fingerprint density at radius 1 is 0.769 bits per heavy atom. The van der Waals surface area contributed by atoms with E-state index in [0.717, 1.165) is 29.8 Å². The predicted molar refractivity (Wildman–Crippen MR) is 52.0 cm³/mol. The molecule has 0 N–H and O–H groups in total. The standard InChI is InChI=1S/C11H20FN/c12-13-8-6-11(7-9-13)10-4-2-1-3-5-10/h10-11H,1-9H2. The van der Waals surface area contributed by atoms with Gasteiger partial charge < -0.3 is 0 Å². The van der Waals surface area contributed by atoms with Gasteiger partial charge in [-0.25, -0.2) is 0 Å². The van der Waals surface area contributed by atoms with E-state index in [0.29, 0.717) is 13.1 Å². The maximum atomic E-state index is 12.8. The van der Waals surface area contributed by atoms with Crippen molar-refractivity contribution in [2.75, 3.05) is 13.1 Å². The predicted octanol–water partition coefficient (Wildman–Crippen LogP) is 3.16. The molecule has 2 fully saturated rings. The van der Waals surface area contributed by atoms with E-state index in [1.165, 1.54) is 32.1 Å². The Labute approximate surface area is 80.2 Å². The molecular weight excluding hydrogens is 165 g/mol. The van der Waals surface area contributed by atoms with Crippen LogP contribution in [0.3, 0.4) is 0 Å². The van der Waals surface area contributed by atoms with Crippen molar-refractivity contribution in [2.45, 2.75) is 44.9 Å². The van der Waals surface area contributed by atoms with Gasteiger partial charge in [0.2, 0.25) is 0 Å². The van der Waals surface area contributed by atoms with E-state index in [4.69, 9.17) is 0 Å². The number of hydrogen-bond donors (Lipinski definition) is 0. The molecule has 2 heteroatoms. The lowest BCUT2D eigenvalue weighted by Gasteiger charge is -2.34. The van der Waals surface area contributed by atoms with Crippen molar-refractivity contribution < 1.29 is 4.48 Å². The minimum atomic E-state index is 0.682. The van der Waals surface area contributed by atoms with Crippen molar-refractivity contribution in [1.29, 1.82) is 0 Å². The maximum absolute atomic E-state index is 12.8. The summed E-state index contributed by atoms with van der Waals surface area (Å²) in [6.45, 7) is 1.36. The molecule has 1 heterocycles. The van der Waals surface area contributed by atoms with E-state index in [2.05, 4.69) is 0 Å². The molecule has 1 saturated heterocycles. The van der Waals surface area contributed by atoms with Crippen LogP contribution in [-0.4, -0.2) is 18.2 Å². The molecule has 2 aliphatic rings. The number of halogens is 1. The van der Waals surface area contributed by atoms with Gasteiger partial charge in [-0.15, -0.1) is 9.60 Å². The molecular formula is C11H20FN. The van der Waals surface area contributed by atoms with Crippen LogP contribution in [-0.2, 0) is 0 Å². The molecule has 0 unspecified atom stereocenters. The second-order valence-electron chi connectivity index (χ2n) is 4.65. The van der Waals surface area contributed by atoms with E-state index in [-0.39, 0.29) is 0 Å². The van der Waals surface area contributed by atoms with Crippen LogP contribution in [0, 0.1) is 11.8 Å². The minimum Gasteiger partial charge on any atom is -0.146 e. The van der Waals surface area contributed by atoms with Crippen LogP contribution in [0.2, 0.25) is 0 Å². The molecule has 0 aromatic carbocycles. The Kier molecular flexibility index (Phi) is 3.20. The Morgan fingerprint density at radius 2 is 1.31 bits per heavy atom. The molecule has 0 spiro atoms. The summed E-state index contributed by atoms with van der Waals surface area (Å²) in [7, 11) is 0. The zero-order valence-electron chi connectivity index (χ0n) is 8.34. The summed E-state index contributed by atoms with van der Waals surface area (Å²) < 4.78 is 12.8. The zero-order valence-corrected chi connectivity index (χ0v) is 8.34. The normalized spacial score (nSPS) is 29.3. The third-order valence-corrected chi connectivity index (χ3v) is 3.80. The van der Waals surface area contributed by atoms with Gasteiger partial charge in [0, 0.05) is 13.1 Å². The number of piperidine rings is 1. The van der Waals surface area contributed by atoms with Crippen LogP contribution >= 0.6 is 0 Å². The Bertz CT molecular complexity index is 146. The van der Waals surface area contributed by atoms with Crippen molar-refractivity contribution >= 4 is 0 Å². The summed E-state index contributed by atoms with van der Waals surface area (Å²) in [5.74, 6) is 1.77. The maximum Gasteiger partial charge on any atom is 0.0293 e. The van der Waals surface area contributed by atoms with Gasteiger partial charge >= 0.3 is 0 Å². The SMILES string of the molecule is FN1CCC(C2CCCCC2)CC1. The highest BCUT2D eigenvalue weighted by Crippen LogP contribution is 2.35. The molecule has 0 radical (unpaired) electrons. The van der Waals surface area contributed by atoms with E-state index < -0.39 is 0 Å². The van der Waals surface area contributed by atoms with E-state index in [1.807, 2.05) is 0 Å². The molecule has 2 rings (SSSR count). The molecule has 0 atom stereocenters. The van der Waals surface area contributed by atoms with Crippen LogP contribution in [0.25, 0.3) is 0 Å². The van der Waals surface area contributed by atoms with Crippen molar-refractivity contribution in [3.8, 4) is 0 Å². The zero-order chi connectivity index (χ0) is 9.10. The fourth-order valence-corrected chi connectivity index (χ4v) is 2.94. The molecule has 13 heavy (non-hydrogen) atoms. The van der Waals surface area contributed by atoms with Gasteiger partial charge in [-0.3, -0.25) is 0 Å². The Balaban J connectivity index is 1.79. The first-order chi connectivity index (χ1) is 6.36. The molecule has 0 aromatic rings. The third kappa shape index (κ3) is 2.43. The number of hydrogen-bond acceptors (Lipinski definition) is 1. The van der Waals surface area contributed by atoms with E-state index in [1.54, 1.807) is 0 Å². The van der Waals surface area contributed by atoms with Crippen LogP contribution in [0.15, 0.2) is 0 Å². The summed E-state index contributed by atoms with van der Waals surface area (Å²) in [4.78, 5) is 0. The number of nitrogens with zero attached hydrogens (tertiary/aromatic N) is 1. The van der Waals surface area contributed by atoms with Crippen LogP contribution in [0.5, 0.6) is 0 Å². The monoisotopic (exact) mass is 185 g/mol. The molecule has 1 saturated carbocycles. The van der Waals surface area contributed by atoms with Crippen molar-refractivity contribution in [2.24, 2.45) is 11.8 Å². The van der Waals surface area contributed by atoms with Gasteiger partial charge in [0.1, 0.15) is 0 Å². The second-order valence-corrected chi connectivity index (χ2v) is 4.65. The van der Waals surface area contributed by atoms with Crippen molar-refractivity contribution in [3.63, 3.8) is 0 Å². The lowest BCUT2D eigenvalue weighted by atomic mass is 9.76. The smallest absolute Gasteiger partial charge is 0.0293 e. The topological polar surface area (TPSA) is 3.24 Å². The van der Waals surface area contributed by atoms with Crippen LogP contribution in [0.1, 0.15) is 44.9 Å². The quantitative estimate of drug-likeness (QED) is 0.567. The van der Waals surface area contributed by atoms with Gasteiger partial charge in [0.25, 0.3) is 0 Å². The summed E-state index contributed by atoms with van der Waals surface area (Å²) in [5, 5.41) is 0.985. The van der Waals surface area contributed by atoms with Crippen molar-refractivity contribution in [3.05, 3.63) is 0 Å². The highest BCUT2D eigenvalue weighted by molar-refractivity contribution is 4.77. The summed E-state index contributed by atoms with van der Waals surface area (Å²) in [6, 6.07) is 0. The highest BCUT2D eigenvalue weighted by Gasteiger charge is 2.27. The summed E-state index contributed by atoms with van der Waals surface area (Å²) >= 11 is 0.